The first-order valence-corrected chi connectivity index (χ1v) is 7.00. The molecule has 0 fully saturated rings. The van der Waals surface area contributed by atoms with E-state index < -0.39 is 0 Å². The van der Waals surface area contributed by atoms with Crippen molar-refractivity contribution in [3.05, 3.63) is 39.4 Å². The van der Waals surface area contributed by atoms with Crippen LogP contribution in [0.3, 0.4) is 0 Å². The van der Waals surface area contributed by atoms with Crippen molar-refractivity contribution in [2.75, 3.05) is 6.61 Å². The maximum atomic E-state index is 9.03. The summed E-state index contributed by atoms with van der Waals surface area (Å²) >= 11 is 1.72. The fraction of sp³-hybridized carbons (Fsp3) is 0.400. The highest BCUT2D eigenvalue weighted by Crippen LogP contribution is 2.33. The molecule has 0 aliphatic rings. The van der Waals surface area contributed by atoms with Crippen molar-refractivity contribution < 1.29 is 5.11 Å². The van der Waals surface area contributed by atoms with E-state index in [1.54, 1.807) is 11.3 Å². The molecule has 1 aromatic carbocycles. The van der Waals surface area contributed by atoms with Crippen molar-refractivity contribution in [1.82, 2.24) is 4.98 Å². The van der Waals surface area contributed by atoms with Gasteiger partial charge in [0, 0.05) is 23.5 Å². The van der Waals surface area contributed by atoms with Crippen molar-refractivity contribution in [3.63, 3.8) is 0 Å². The summed E-state index contributed by atoms with van der Waals surface area (Å²) in [7, 11) is 0. The molecule has 2 rings (SSSR count). The van der Waals surface area contributed by atoms with Gasteiger partial charge in [-0.3, -0.25) is 0 Å². The van der Waals surface area contributed by atoms with E-state index in [1.165, 1.54) is 27.1 Å². The summed E-state index contributed by atoms with van der Waals surface area (Å²) in [5.74, 6) is 0. The molecule has 2 nitrogen and oxygen atoms in total. The largest absolute Gasteiger partial charge is 0.396 e. The van der Waals surface area contributed by atoms with Crippen LogP contribution in [0.5, 0.6) is 0 Å². The van der Waals surface area contributed by atoms with Crippen LogP contribution in [0.1, 0.15) is 27.3 Å². The molecule has 18 heavy (non-hydrogen) atoms. The molecule has 0 atom stereocenters. The lowest BCUT2D eigenvalue weighted by Crippen LogP contribution is -1.94. The molecule has 3 heteroatoms. The Balaban J connectivity index is 2.52. The predicted octanol–water partition coefficient (Wildman–Crippen LogP) is 3.58. The number of hydrogen-bond donors (Lipinski definition) is 1. The number of thiazole rings is 1. The topological polar surface area (TPSA) is 33.1 Å². The summed E-state index contributed by atoms with van der Waals surface area (Å²) in [6.07, 6.45) is 0.645. The number of benzene rings is 1. The zero-order chi connectivity index (χ0) is 13.3. The molecule has 0 radical (unpaired) electrons. The van der Waals surface area contributed by atoms with E-state index in [2.05, 4.69) is 44.8 Å². The van der Waals surface area contributed by atoms with Gasteiger partial charge in [0.1, 0.15) is 5.01 Å². The van der Waals surface area contributed by atoms with Gasteiger partial charge < -0.3 is 5.11 Å². The number of aryl methyl sites for hydroxylation is 4. The lowest BCUT2D eigenvalue weighted by atomic mass is 10.0. The SMILES string of the molecule is Cc1cc(C)c(-c2nc(CCO)c(C)s2)c(C)c1. The molecule has 0 spiro atoms. The lowest BCUT2D eigenvalue weighted by molar-refractivity contribution is 0.298. The maximum absolute atomic E-state index is 9.03. The highest BCUT2D eigenvalue weighted by molar-refractivity contribution is 7.15. The Kier molecular flexibility index (Phi) is 3.83. The number of hydrogen-bond acceptors (Lipinski definition) is 3. The molecule has 0 unspecified atom stereocenters. The number of nitrogens with zero attached hydrogens (tertiary/aromatic N) is 1. The Morgan fingerprint density at radius 2 is 1.72 bits per heavy atom. The molecular weight excluding hydrogens is 242 g/mol. The molecule has 0 bridgehead atoms. The number of aliphatic hydroxyl groups is 1. The van der Waals surface area contributed by atoms with Crippen molar-refractivity contribution in [1.29, 1.82) is 0 Å². The summed E-state index contributed by atoms with van der Waals surface area (Å²) in [6, 6.07) is 4.40. The van der Waals surface area contributed by atoms with Crippen LogP contribution in [0.25, 0.3) is 10.6 Å². The van der Waals surface area contributed by atoms with Crippen LogP contribution in [-0.2, 0) is 6.42 Å². The molecule has 0 amide bonds. The van der Waals surface area contributed by atoms with Gasteiger partial charge in [-0.25, -0.2) is 4.98 Å². The standard InChI is InChI=1S/C15H19NOS/c1-9-7-10(2)14(11(3)8-9)15-16-13(5-6-17)12(4)18-15/h7-8,17H,5-6H2,1-4H3. The van der Waals surface area contributed by atoms with Gasteiger partial charge in [-0.05, 0) is 38.8 Å². The third-order valence-corrected chi connectivity index (χ3v) is 4.16. The van der Waals surface area contributed by atoms with E-state index in [0.29, 0.717) is 6.42 Å². The number of rotatable bonds is 3. The van der Waals surface area contributed by atoms with Crippen molar-refractivity contribution in [2.24, 2.45) is 0 Å². The quantitative estimate of drug-likeness (QED) is 0.916. The molecular formula is C15H19NOS. The second-order valence-electron chi connectivity index (χ2n) is 4.77. The molecule has 1 N–H and O–H groups in total. The first-order valence-electron chi connectivity index (χ1n) is 6.18. The van der Waals surface area contributed by atoms with Gasteiger partial charge in [-0.2, -0.15) is 0 Å². The zero-order valence-electron chi connectivity index (χ0n) is 11.4. The second-order valence-corrected chi connectivity index (χ2v) is 5.97. The minimum atomic E-state index is 0.163. The normalized spacial score (nSPS) is 10.9. The molecule has 0 aliphatic heterocycles. The third kappa shape index (κ3) is 2.47. The van der Waals surface area contributed by atoms with Gasteiger partial charge in [-0.1, -0.05) is 17.7 Å². The van der Waals surface area contributed by atoms with E-state index in [0.717, 1.165) is 10.7 Å². The summed E-state index contributed by atoms with van der Waals surface area (Å²) in [5, 5.41) is 10.1. The van der Waals surface area contributed by atoms with Crippen LogP contribution in [0.4, 0.5) is 0 Å². The fourth-order valence-corrected chi connectivity index (χ4v) is 3.53. The first-order chi connectivity index (χ1) is 8.52. The van der Waals surface area contributed by atoms with E-state index >= 15 is 0 Å². The van der Waals surface area contributed by atoms with Crippen LogP contribution < -0.4 is 0 Å². The minimum Gasteiger partial charge on any atom is -0.396 e. The Bertz CT molecular complexity index is 549. The summed E-state index contributed by atoms with van der Waals surface area (Å²) in [6.45, 7) is 8.63. The summed E-state index contributed by atoms with van der Waals surface area (Å²) in [5.41, 5.74) is 6.11. The van der Waals surface area contributed by atoms with Gasteiger partial charge in [0.15, 0.2) is 0 Å². The van der Waals surface area contributed by atoms with Crippen LogP contribution in [0.2, 0.25) is 0 Å². The average molecular weight is 261 g/mol. The van der Waals surface area contributed by atoms with Crippen molar-refractivity contribution >= 4 is 11.3 Å². The van der Waals surface area contributed by atoms with Crippen LogP contribution in [0, 0.1) is 27.7 Å². The summed E-state index contributed by atoms with van der Waals surface area (Å²) in [4.78, 5) is 5.89. The van der Waals surface area contributed by atoms with E-state index in [4.69, 9.17) is 5.11 Å². The van der Waals surface area contributed by atoms with Gasteiger partial charge in [-0.15, -0.1) is 11.3 Å². The Morgan fingerprint density at radius 1 is 1.11 bits per heavy atom. The average Bonchev–Trinajstić information content (AvgIpc) is 2.59. The van der Waals surface area contributed by atoms with Gasteiger partial charge in [0.05, 0.1) is 5.69 Å². The fourth-order valence-electron chi connectivity index (χ4n) is 2.39. The van der Waals surface area contributed by atoms with Crippen LogP contribution in [-0.4, -0.2) is 16.7 Å². The van der Waals surface area contributed by atoms with Crippen molar-refractivity contribution in [2.45, 2.75) is 34.1 Å². The van der Waals surface area contributed by atoms with E-state index in [9.17, 15) is 0 Å². The molecule has 0 saturated heterocycles. The smallest absolute Gasteiger partial charge is 0.124 e. The Hall–Kier alpha value is -1.19. The maximum Gasteiger partial charge on any atom is 0.124 e. The number of aromatic nitrogens is 1. The van der Waals surface area contributed by atoms with E-state index in [-0.39, 0.29) is 6.61 Å². The van der Waals surface area contributed by atoms with E-state index in [1.807, 2.05) is 0 Å². The van der Waals surface area contributed by atoms with Gasteiger partial charge in [0.25, 0.3) is 0 Å². The molecule has 96 valence electrons. The van der Waals surface area contributed by atoms with Crippen molar-refractivity contribution in [3.8, 4) is 10.6 Å². The minimum absolute atomic E-state index is 0.163. The molecule has 0 aliphatic carbocycles. The highest BCUT2D eigenvalue weighted by Gasteiger charge is 2.13. The molecule has 0 saturated carbocycles. The monoisotopic (exact) mass is 261 g/mol. The van der Waals surface area contributed by atoms with Gasteiger partial charge in [0.2, 0.25) is 0 Å². The molecule has 1 aromatic heterocycles. The lowest BCUT2D eigenvalue weighted by Gasteiger charge is -2.08. The number of aliphatic hydroxyl groups excluding tert-OH is 1. The van der Waals surface area contributed by atoms with Gasteiger partial charge >= 0.3 is 0 Å². The highest BCUT2D eigenvalue weighted by atomic mass is 32.1. The van der Waals surface area contributed by atoms with Crippen LogP contribution >= 0.6 is 11.3 Å². The first kappa shape index (κ1) is 13.2. The second kappa shape index (κ2) is 5.21. The zero-order valence-corrected chi connectivity index (χ0v) is 12.2. The molecule has 1 heterocycles. The van der Waals surface area contributed by atoms with Crippen LogP contribution in [0.15, 0.2) is 12.1 Å². The Morgan fingerprint density at radius 3 is 2.28 bits per heavy atom. The summed E-state index contributed by atoms with van der Waals surface area (Å²) < 4.78 is 0. The third-order valence-electron chi connectivity index (χ3n) is 3.13. The molecule has 2 aromatic rings. The predicted molar refractivity (Wildman–Crippen MR) is 77.3 cm³/mol. The Labute approximate surface area is 112 Å².